The van der Waals surface area contributed by atoms with Crippen LogP contribution in [0, 0.1) is 11.3 Å². The summed E-state index contributed by atoms with van der Waals surface area (Å²) < 4.78 is 0.891. The normalized spacial score (nSPS) is 11.6. The van der Waals surface area contributed by atoms with Crippen LogP contribution in [-0.4, -0.2) is 4.98 Å². The summed E-state index contributed by atoms with van der Waals surface area (Å²) in [6.07, 6.45) is 3.59. The molecule has 1 atom stereocenters. The molecular weight excluding hydrogens is 290 g/mol. The number of nitriles is 1. The number of nitrogens with one attached hydrogen (secondary N) is 1. The third kappa shape index (κ3) is 3.08. The molecule has 18 heavy (non-hydrogen) atoms. The van der Waals surface area contributed by atoms with Crippen molar-refractivity contribution in [3.63, 3.8) is 0 Å². The second kappa shape index (κ2) is 5.65. The summed E-state index contributed by atoms with van der Waals surface area (Å²) in [6, 6.07) is 11.8. The molecule has 1 aromatic heterocycles. The third-order valence-corrected chi connectivity index (χ3v) is 3.05. The number of pyridine rings is 1. The van der Waals surface area contributed by atoms with Crippen molar-refractivity contribution in [3.05, 3.63) is 58.3 Å². The predicted octanol–water partition coefficient (Wildman–Crippen LogP) is 3.89. The molecule has 2 aromatic rings. The van der Waals surface area contributed by atoms with Crippen molar-refractivity contribution in [2.45, 2.75) is 13.0 Å². The molecule has 0 aliphatic rings. The number of hydrogen-bond acceptors (Lipinski definition) is 3. The van der Waals surface area contributed by atoms with Gasteiger partial charge in [0.2, 0.25) is 0 Å². The van der Waals surface area contributed by atoms with E-state index in [-0.39, 0.29) is 6.04 Å². The van der Waals surface area contributed by atoms with Crippen molar-refractivity contribution in [1.82, 2.24) is 4.98 Å². The molecule has 90 valence electrons. The molecule has 0 saturated carbocycles. The summed E-state index contributed by atoms with van der Waals surface area (Å²) in [6.45, 7) is 2.06. The molecule has 1 heterocycles. The lowest BCUT2D eigenvalue weighted by molar-refractivity contribution is 0.875. The van der Waals surface area contributed by atoms with E-state index in [1.54, 1.807) is 12.3 Å². The molecule has 1 aromatic carbocycles. The number of nitrogens with zero attached hydrogens (tertiary/aromatic N) is 2. The van der Waals surface area contributed by atoms with Crippen LogP contribution in [0.2, 0.25) is 0 Å². The molecule has 1 N–H and O–H groups in total. The Morgan fingerprint density at radius 1 is 1.39 bits per heavy atom. The van der Waals surface area contributed by atoms with Gasteiger partial charge in [0.1, 0.15) is 0 Å². The van der Waals surface area contributed by atoms with Crippen molar-refractivity contribution in [1.29, 1.82) is 5.26 Å². The summed E-state index contributed by atoms with van der Waals surface area (Å²) in [5.74, 6) is 0. The zero-order chi connectivity index (χ0) is 13.0. The van der Waals surface area contributed by atoms with Gasteiger partial charge in [-0.15, -0.1) is 0 Å². The average Bonchev–Trinajstić information content (AvgIpc) is 2.39. The van der Waals surface area contributed by atoms with Crippen LogP contribution in [-0.2, 0) is 0 Å². The van der Waals surface area contributed by atoms with Gasteiger partial charge in [0.15, 0.2) is 0 Å². The molecule has 4 heteroatoms. The maximum atomic E-state index is 8.93. The minimum absolute atomic E-state index is 0.138. The van der Waals surface area contributed by atoms with Gasteiger partial charge in [0.25, 0.3) is 0 Å². The van der Waals surface area contributed by atoms with E-state index in [0.717, 1.165) is 15.7 Å². The van der Waals surface area contributed by atoms with Gasteiger partial charge in [0, 0.05) is 22.6 Å². The standard InChI is InChI=1S/C14H12BrN3/c1-10(12-3-2-4-17-9-12)18-14-6-11(8-16)5-13(15)7-14/h2-7,9-10,18H,1H3. The van der Waals surface area contributed by atoms with Gasteiger partial charge < -0.3 is 5.32 Å². The monoisotopic (exact) mass is 301 g/mol. The minimum atomic E-state index is 0.138. The van der Waals surface area contributed by atoms with Crippen molar-refractivity contribution in [3.8, 4) is 6.07 Å². The summed E-state index contributed by atoms with van der Waals surface area (Å²) in [7, 11) is 0. The average molecular weight is 302 g/mol. The fraction of sp³-hybridized carbons (Fsp3) is 0.143. The van der Waals surface area contributed by atoms with Gasteiger partial charge in [-0.1, -0.05) is 22.0 Å². The summed E-state index contributed by atoms with van der Waals surface area (Å²) in [5, 5.41) is 12.3. The maximum Gasteiger partial charge on any atom is 0.0992 e. The van der Waals surface area contributed by atoms with Crippen LogP contribution in [0.25, 0.3) is 0 Å². The van der Waals surface area contributed by atoms with Crippen molar-refractivity contribution >= 4 is 21.6 Å². The molecule has 0 saturated heterocycles. The number of halogens is 1. The molecule has 0 aliphatic heterocycles. The van der Waals surface area contributed by atoms with Gasteiger partial charge in [-0.25, -0.2) is 0 Å². The fourth-order valence-corrected chi connectivity index (χ4v) is 2.20. The topological polar surface area (TPSA) is 48.7 Å². The predicted molar refractivity (Wildman–Crippen MR) is 75.1 cm³/mol. The molecule has 0 bridgehead atoms. The van der Waals surface area contributed by atoms with Crippen LogP contribution >= 0.6 is 15.9 Å². The zero-order valence-corrected chi connectivity index (χ0v) is 11.5. The lowest BCUT2D eigenvalue weighted by Crippen LogP contribution is -2.06. The van der Waals surface area contributed by atoms with Crippen LogP contribution in [0.4, 0.5) is 5.69 Å². The Balaban J connectivity index is 2.20. The van der Waals surface area contributed by atoms with Gasteiger partial charge in [-0.2, -0.15) is 5.26 Å². The molecule has 3 nitrogen and oxygen atoms in total. The Morgan fingerprint density at radius 3 is 2.89 bits per heavy atom. The van der Waals surface area contributed by atoms with E-state index in [2.05, 4.69) is 39.2 Å². The molecule has 0 aliphatic carbocycles. The lowest BCUT2D eigenvalue weighted by atomic mass is 10.1. The van der Waals surface area contributed by atoms with Crippen molar-refractivity contribution < 1.29 is 0 Å². The first-order valence-electron chi connectivity index (χ1n) is 5.56. The zero-order valence-electron chi connectivity index (χ0n) is 9.89. The van der Waals surface area contributed by atoms with Gasteiger partial charge in [-0.05, 0) is 36.8 Å². The number of rotatable bonds is 3. The molecule has 0 fully saturated rings. The van der Waals surface area contributed by atoms with Crippen LogP contribution < -0.4 is 5.32 Å². The molecule has 0 spiro atoms. The Kier molecular flexibility index (Phi) is 3.96. The molecule has 1 unspecified atom stereocenters. The molecule has 0 radical (unpaired) electrons. The van der Waals surface area contributed by atoms with E-state index < -0.39 is 0 Å². The fourth-order valence-electron chi connectivity index (χ4n) is 1.70. The quantitative estimate of drug-likeness (QED) is 0.935. The first-order chi connectivity index (χ1) is 8.69. The summed E-state index contributed by atoms with van der Waals surface area (Å²) in [4.78, 5) is 4.10. The van der Waals surface area contributed by atoms with Gasteiger partial charge in [0.05, 0.1) is 17.7 Å². The van der Waals surface area contributed by atoms with E-state index >= 15 is 0 Å². The van der Waals surface area contributed by atoms with Gasteiger partial charge in [-0.3, -0.25) is 4.98 Å². The highest BCUT2D eigenvalue weighted by atomic mass is 79.9. The highest BCUT2D eigenvalue weighted by Crippen LogP contribution is 2.23. The molecular formula is C14H12BrN3. The van der Waals surface area contributed by atoms with Crippen LogP contribution in [0.5, 0.6) is 0 Å². The van der Waals surface area contributed by atoms with Crippen LogP contribution in [0.1, 0.15) is 24.1 Å². The largest absolute Gasteiger partial charge is 0.378 e. The molecule has 2 rings (SSSR count). The summed E-state index contributed by atoms with van der Waals surface area (Å²) >= 11 is 3.40. The van der Waals surface area contributed by atoms with E-state index in [1.807, 2.05) is 30.5 Å². The number of benzene rings is 1. The number of hydrogen-bond donors (Lipinski definition) is 1. The second-order valence-electron chi connectivity index (χ2n) is 3.99. The highest BCUT2D eigenvalue weighted by Gasteiger charge is 2.06. The van der Waals surface area contributed by atoms with Crippen LogP contribution in [0.3, 0.4) is 0 Å². The third-order valence-electron chi connectivity index (χ3n) is 2.59. The second-order valence-corrected chi connectivity index (χ2v) is 4.91. The highest BCUT2D eigenvalue weighted by molar-refractivity contribution is 9.10. The van der Waals surface area contributed by atoms with Gasteiger partial charge >= 0.3 is 0 Å². The van der Waals surface area contributed by atoms with E-state index in [1.165, 1.54) is 0 Å². The molecule has 0 amide bonds. The Hall–Kier alpha value is -1.86. The first-order valence-corrected chi connectivity index (χ1v) is 6.35. The van der Waals surface area contributed by atoms with E-state index in [9.17, 15) is 0 Å². The van der Waals surface area contributed by atoms with E-state index in [0.29, 0.717) is 5.56 Å². The Bertz CT molecular complexity index is 575. The minimum Gasteiger partial charge on any atom is -0.378 e. The SMILES string of the molecule is CC(Nc1cc(Br)cc(C#N)c1)c1cccnc1. The smallest absolute Gasteiger partial charge is 0.0992 e. The van der Waals surface area contributed by atoms with Crippen molar-refractivity contribution in [2.75, 3.05) is 5.32 Å². The maximum absolute atomic E-state index is 8.93. The van der Waals surface area contributed by atoms with E-state index in [4.69, 9.17) is 5.26 Å². The summed E-state index contributed by atoms with van der Waals surface area (Å²) in [5.41, 5.74) is 2.65. The van der Waals surface area contributed by atoms with Crippen LogP contribution in [0.15, 0.2) is 47.2 Å². The first kappa shape index (κ1) is 12.6. The Labute approximate surface area is 115 Å². The lowest BCUT2D eigenvalue weighted by Gasteiger charge is -2.15. The number of anilines is 1. The number of aromatic nitrogens is 1. The van der Waals surface area contributed by atoms with Crippen molar-refractivity contribution in [2.24, 2.45) is 0 Å². The Morgan fingerprint density at radius 2 is 2.22 bits per heavy atom.